The van der Waals surface area contributed by atoms with Crippen LogP contribution in [0.2, 0.25) is 0 Å². The molecule has 1 rings (SSSR count). The summed E-state index contributed by atoms with van der Waals surface area (Å²) in [7, 11) is 0. The molecule has 39 heteroatoms. The number of carboxylic acids is 1. The maximum atomic E-state index is 14.8. The van der Waals surface area contributed by atoms with Gasteiger partial charge in [0.2, 0.25) is 76.8 Å². The minimum absolute atomic E-state index is 0.00222. The van der Waals surface area contributed by atoms with Crippen LogP contribution >= 0.6 is 37.0 Å². The number of hydrogen-bond donors (Lipinski definition) is 22. The molecule has 15 atom stereocenters. The minimum Gasteiger partial charge on any atom is -0.480 e. The Hall–Kier alpha value is -7.30. The molecule has 0 aromatic rings. The Kier molecular flexibility index (Phi) is 43.9. The summed E-state index contributed by atoms with van der Waals surface area (Å²) >= 11 is 9.76. The monoisotopic (exact) mass is 1460 g/mol. The maximum absolute atomic E-state index is 14.8. The number of likely N-dealkylation sites (tertiary alicyclic amines) is 1. The number of nitrogens with zero attached hydrogens (tertiary/aromatic N) is 2. The van der Waals surface area contributed by atoms with E-state index in [9.17, 15) is 77.3 Å². The molecule has 0 aromatic heterocycles. The number of guanidine groups is 1. The van der Waals surface area contributed by atoms with E-state index in [-0.39, 0.29) is 101 Å². The number of unbranched alkanes of at least 4 members (excludes halogenated alkanes) is 3. The van der Waals surface area contributed by atoms with Gasteiger partial charge in [0, 0.05) is 24.6 Å². The molecule has 0 saturated carbocycles. The third kappa shape index (κ3) is 33.2. The van der Waals surface area contributed by atoms with Crippen LogP contribution in [0.25, 0.3) is 0 Å². The molecule has 1 fully saturated rings. The van der Waals surface area contributed by atoms with Crippen LogP contribution in [-0.2, 0) is 67.1 Å². The van der Waals surface area contributed by atoms with E-state index < -0.39 is 180 Å². The van der Waals surface area contributed by atoms with E-state index in [1.165, 1.54) is 37.4 Å². The van der Waals surface area contributed by atoms with Gasteiger partial charge in [0.15, 0.2) is 5.96 Å². The smallest absolute Gasteiger partial charge is 0.326 e. The number of thioether (sulfide) groups is 1. The number of carbonyl (C=O) groups excluding carboxylic acids is 13. The summed E-state index contributed by atoms with van der Waals surface area (Å²) < 4.78 is 0. The molecule has 1 aliphatic heterocycles. The predicted octanol–water partition coefficient (Wildman–Crippen LogP) is -6.88. The van der Waals surface area contributed by atoms with Gasteiger partial charge in [-0.05, 0) is 148 Å². The first-order chi connectivity index (χ1) is 46.8. The molecular weight excluding hydrogens is 1350 g/mol. The van der Waals surface area contributed by atoms with E-state index in [1.807, 2.05) is 0 Å². The normalized spacial score (nSPS) is 16.9. The van der Waals surface area contributed by atoms with Gasteiger partial charge < -0.3 is 114 Å². The largest absolute Gasteiger partial charge is 0.480 e. The van der Waals surface area contributed by atoms with Gasteiger partial charge in [0.05, 0.1) is 12.5 Å². The van der Waals surface area contributed by atoms with Crippen LogP contribution in [0.5, 0.6) is 0 Å². The summed E-state index contributed by atoms with van der Waals surface area (Å²) in [4.78, 5) is 195. The van der Waals surface area contributed by atoms with E-state index in [4.69, 9.17) is 40.1 Å². The number of nitrogens with one attached hydrogen (secondary N) is 11. The van der Waals surface area contributed by atoms with Crippen molar-refractivity contribution in [2.75, 3.05) is 56.2 Å². The lowest BCUT2D eigenvalue weighted by atomic mass is 9.96. The van der Waals surface area contributed by atoms with Crippen LogP contribution in [0.3, 0.4) is 0 Å². The highest BCUT2D eigenvalue weighted by molar-refractivity contribution is 7.98. The summed E-state index contributed by atoms with van der Waals surface area (Å²) in [5.41, 5.74) is 39.4. The van der Waals surface area contributed by atoms with Gasteiger partial charge in [0.25, 0.3) is 0 Å². The minimum atomic E-state index is -1.67. The van der Waals surface area contributed by atoms with Crippen molar-refractivity contribution >= 4 is 126 Å². The number of carbonyl (C=O) groups is 14. The second-order valence-corrected chi connectivity index (χ2v) is 26.0. The zero-order chi connectivity index (χ0) is 75.1. The number of aliphatic imine (C=N–C) groups is 1. The van der Waals surface area contributed by atoms with Crippen molar-refractivity contribution < 1.29 is 77.3 Å². The predicted molar refractivity (Wildman–Crippen MR) is 377 cm³/mol. The molecule has 36 nitrogen and oxygen atoms in total. The Labute approximate surface area is 593 Å². The van der Waals surface area contributed by atoms with E-state index in [1.54, 1.807) is 20.1 Å². The molecule has 0 aliphatic carbocycles. The standard InChI is InChI=1S/C60H110N20O16S3/c1-7-31(2)46(58(94)80-26-15-20-43(80)56(92)76-40(28-44(64)82)53(89)72-36(17-9-12-23-62)51(87)75-39(59(95)96)18-10-13-24-63)79-52(88)37(19-14-25-68-60(66)67)71-50(86)35(16-8-11-22-61)73-54(90)41(29-97)77-48(84)33(4)69-47(83)32(3)70-49(85)38(21-27-99-6)74-55(91)42(30-98)78-57(93)45(65)34(5)81/h31-43,45-46,81,97-98H,7-30,61-63,65H2,1-6H3,(H2,64,82)(H,69,83)(H,70,85)(H,71,86)(H,72,89)(H,73,90)(H,74,91)(H,75,87)(H,76,92)(H,77,84)(H,78,93)(H,79,88)(H,95,96)(H4,66,67,68)/t31-,32-,33-,34+,35-,36-,37-,38-,39-,40-,41-,42-,43-,45-,46-/m0/s1. The Bertz CT molecular complexity index is 2700. The number of rotatable bonds is 50. The summed E-state index contributed by atoms with van der Waals surface area (Å²) in [6.07, 6.45) is 2.84. The lowest BCUT2D eigenvalue weighted by Gasteiger charge is -2.33. The molecule has 0 unspecified atom stereocenters. The summed E-state index contributed by atoms with van der Waals surface area (Å²) in [6.45, 7) is 8.06. The average Bonchev–Trinajstić information content (AvgIpc) is 1.74. The molecule has 99 heavy (non-hydrogen) atoms. The third-order valence-electron chi connectivity index (χ3n) is 16.2. The highest BCUT2D eigenvalue weighted by Gasteiger charge is 2.42. The molecule has 0 aromatic carbocycles. The second kappa shape index (κ2) is 48.5. The lowest BCUT2D eigenvalue weighted by molar-refractivity contribution is -0.144. The lowest BCUT2D eigenvalue weighted by Crippen LogP contribution is -2.61. The van der Waals surface area contributed by atoms with Gasteiger partial charge in [-0.2, -0.15) is 37.0 Å². The number of thiol groups is 2. The van der Waals surface area contributed by atoms with Crippen molar-refractivity contribution in [3.05, 3.63) is 0 Å². The Morgan fingerprint density at radius 1 is 0.525 bits per heavy atom. The Morgan fingerprint density at radius 2 is 0.919 bits per heavy atom. The highest BCUT2D eigenvalue weighted by atomic mass is 32.2. The van der Waals surface area contributed by atoms with E-state index in [2.05, 4.69) is 88.7 Å². The molecule has 0 spiro atoms. The van der Waals surface area contributed by atoms with Crippen molar-refractivity contribution in [2.45, 2.75) is 222 Å². The number of hydrogen-bond acceptors (Lipinski definition) is 23. The second-order valence-electron chi connectivity index (χ2n) is 24.2. The first-order valence-electron chi connectivity index (χ1n) is 33.2. The first-order valence-corrected chi connectivity index (χ1v) is 35.9. The Balaban J connectivity index is 3.45. The van der Waals surface area contributed by atoms with Crippen molar-refractivity contribution in [3.63, 3.8) is 0 Å². The zero-order valence-corrected chi connectivity index (χ0v) is 60.1. The van der Waals surface area contributed by atoms with Crippen LogP contribution in [0.15, 0.2) is 4.99 Å². The summed E-state index contributed by atoms with van der Waals surface area (Å²) in [6, 6.07) is -17.6. The van der Waals surface area contributed by atoms with Crippen molar-refractivity contribution in [2.24, 2.45) is 51.0 Å². The summed E-state index contributed by atoms with van der Waals surface area (Å²) in [5.74, 6) is -13.6. The Morgan fingerprint density at radius 3 is 1.35 bits per heavy atom. The first kappa shape index (κ1) is 89.7. The van der Waals surface area contributed by atoms with Gasteiger partial charge in [-0.1, -0.05) is 20.3 Å². The average molecular weight is 1460 g/mol. The van der Waals surface area contributed by atoms with Crippen LogP contribution in [-0.4, -0.2) is 245 Å². The van der Waals surface area contributed by atoms with E-state index >= 15 is 0 Å². The quantitative estimate of drug-likeness (QED) is 0.0116. The van der Waals surface area contributed by atoms with Crippen molar-refractivity contribution in [1.82, 2.24) is 63.4 Å². The fraction of sp³-hybridized carbons (Fsp3) is 0.750. The van der Waals surface area contributed by atoms with Gasteiger partial charge in [0.1, 0.15) is 78.5 Å². The fourth-order valence-corrected chi connectivity index (χ4v) is 10.9. The molecule has 1 aliphatic rings. The van der Waals surface area contributed by atoms with Crippen LogP contribution in [0.4, 0.5) is 0 Å². The molecule has 1 saturated heterocycles. The highest BCUT2D eigenvalue weighted by Crippen LogP contribution is 2.23. The maximum Gasteiger partial charge on any atom is 0.326 e. The molecule has 13 amide bonds. The van der Waals surface area contributed by atoms with E-state index in [0.29, 0.717) is 50.8 Å². The molecule has 0 bridgehead atoms. The molecule has 27 N–H and O–H groups in total. The van der Waals surface area contributed by atoms with Gasteiger partial charge in [-0.3, -0.25) is 67.3 Å². The van der Waals surface area contributed by atoms with Gasteiger partial charge >= 0.3 is 5.97 Å². The number of aliphatic hydroxyl groups is 1. The van der Waals surface area contributed by atoms with Crippen molar-refractivity contribution in [1.29, 1.82) is 0 Å². The molecule has 564 valence electrons. The molecular formula is C60H110N20O16S3. The van der Waals surface area contributed by atoms with Crippen LogP contribution in [0.1, 0.15) is 137 Å². The van der Waals surface area contributed by atoms with Crippen LogP contribution < -0.4 is 98.6 Å². The van der Waals surface area contributed by atoms with Crippen LogP contribution in [0, 0.1) is 5.92 Å². The third-order valence-corrected chi connectivity index (χ3v) is 17.5. The van der Waals surface area contributed by atoms with Gasteiger partial charge in [-0.15, -0.1) is 0 Å². The number of amides is 13. The van der Waals surface area contributed by atoms with Crippen molar-refractivity contribution in [3.8, 4) is 0 Å². The van der Waals surface area contributed by atoms with Gasteiger partial charge in [-0.25, -0.2) is 4.79 Å². The summed E-state index contributed by atoms with van der Waals surface area (Å²) in [5, 5.41) is 47.4. The number of primary amides is 1. The number of aliphatic hydroxyl groups excluding tert-OH is 1. The van der Waals surface area contributed by atoms with E-state index in [0.717, 1.165) is 0 Å². The topological polar surface area (TPSA) is 610 Å². The number of carboxylic acid groups (broad SMARTS) is 1. The number of nitrogens with two attached hydrogens (primary N) is 7. The zero-order valence-electron chi connectivity index (χ0n) is 57.5. The number of aliphatic carboxylic acids is 1. The SMILES string of the molecule is CC[C@H](C)[C@H](NC(=O)[C@H](CCCN=C(N)N)NC(=O)[C@H](CCCCN)NC(=O)[C@H](CS)NC(=O)[C@H](C)NC(=O)[C@H](C)NC(=O)[C@H](CCSC)NC(=O)[C@H](CS)NC(=O)[C@@H](N)[C@@H](C)O)C(=O)N1CCC[C@H]1C(=O)N[C@@H](CC(N)=O)C(=O)N[C@@H](CCCCN)C(=O)N[C@@H](CCCCN)C(=O)O. The molecule has 1 heterocycles. The fourth-order valence-electron chi connectivity index (χ4n) is 9.96. The molecule has 0 radical (unpaired) electrons.